The van der Waals surface area contributed by atoms with Crippen molar-refractivity contribution in [2.45, 2.75) is 24.0 Å². The highest BCUT2D eigenvalue weighted by molar-refractivity contribution is 7.99. The number of benzene rings is 1. The minimum atomic E-state index is -3.03. The molecule has 0 radical (unpaired) electrons. The fraction of sp³-hybridized carbons (Fsp3) is 0.538. The number of aryl methyl sites for hydroxylation is 1. The maximum Gasteiger partial charge on any atom is 0.159 e. The number of quaternary nitrogens is 1. The molecule has 1 fully saturated rings. The summed E-state index contributed by atoms with van der Waals surface area (Å²) in [5, 5.41) is 11.6. The summed E-state index contributed by atoms with van der Waals surface area (Å²) in [5.74, 6) is 0.926. The molecule has 6 heteroatoms. The van der Waals surface area contributed by atoms with Crippen molar-refractivity contribution in [3.8, 4) is 0 Å². The van der Waals surface area contributed by atoms with Crippen LogP contribution < -0.4 is 5.32 Å². The molecule has 4 nitrogen and oxygen atoms in total. The second kappa shape index (κ2) is 6.26. The van der Waals surface area contributed by atoms with Crippen LogP contribution in [0.3, 0.4) is 0 Å². The van der Waals surface area contributed by atoms with Crippen molar-refractivity contribution in [1.29, 1.82) is 0 Å². The van der Waals surface area contributed by atoms with E-state index >= 15 is 0 Å². The van der Waals surface area contributed by atoms with Gasteiger partial charge < -0.3 is 10.4 Å². The van der Waals surface area contributed by atoms with Crippen molar-refractivity contribution in [1.82, 2.24) is 0 Å². The number of thioether (sulfide) groups is 1. The van der Waals surface area contributed by atoms with Crippen LogP contribution in [0.5, 0.6) is 0 Å². The summed E-state index contributed by atoms with van der Waals surface area (Å²) in [6, 6.07) is 8.16. The lowest BCUT2D eigenvalue weighted by Gasteiger charge is -2.11. The molecule has 1 aliphatic heterocycles. The highest BCUT2D eigenvalue weighted by Crippen LogP contribution is 2.17. The number of hydrogen-bond acceptors (Lipinski definition) is 4. The van der Waals surface area contributed by atoms with Crippen molar-refractivity contribution in [3.05, 3.63) is 29.8 Å². The Morgan fingerprint density at radius 3 is 2.58 bits per heavy atom. The van der Waals surface area contributed by atoms with E-state index in [0.717, 1.165) is 12.3 Å². The SMILES string of the molecule is Cc1ccc(SCC[NH2+][C@@H]2CS(=O)(=O)C[C@@H]2O)cc1. The first kappa shape index (κ1) is 14.8. The van der Waals surface area contributed by atoms with Gasteiger partial charge in [0.25, 0.3) is 0 Å². The summed E-state index contributed by atoms with van der Waals surface area (Å²) in [7, 11) is -3.03. The van der Waals surface area contributed by atoms with E-state index in [-0.39, 0.29) is 17.5 Å². The third-order valence-electron chi connectivity index (χ3n) is 3.24. The Balaban J connectivity index is 1.71. The molecule has 1 aromatic carbocycles. The molecule has 0 aromatic heterocycles. The maximum absolute atomic E-state index is 11.4. The Labute approximate surface area is 118 Å². The molecule has 0 saturated carbocycles. The van der Waals surface area contributed by atoms with Crippen LogP contribution in [0.15, 0.2) is 29.2 Å². The Bertz CT molecular complexity index is 513. The monoisotopic (exact) mass is 302 g/mol. The Morgan fingerprint density at radius 1 is 1.32 bits per heavy atom. The van der Waals surface area contributed by atoms with Crippen molar-refractivity contribution in [2.75, 3.05) is 23.8 Å². The zero-order valence-corrected chi connectivity index (χ0v) is 12.6. The summed E-state index contributed by atoms with van der Waals surface area (Å²) >= 11 is 1.75. The van der Waals surface area contributed by atoms with Gasteiger partial charge in [0.2, 0.25) is 0 Å². The van der Waals surface area contributed by atoms with Crippen molar-refractivity contribution in [3.63, 3.8) is 0 Å². The van der Waals surface area contributed by atoms with Crippen molar-refractivity contribution in [2.24, 2.45) is 0 Å². The molecule has 2 atom stereocenters. The molecule has 0 unspecified atom stereocenters. The van der Waals surface area contributed by atoms with E-state index < -0.39 is 15.9 Å². The first-order chi connectivity index (χ1) is 8.96. The quantitative estimate of drug-likeness (QED) is 0.584. The minimum Gasteiger partial charge on any atom is -0.386 e. The third-order valence-corrected chi connectivity index (χ3v) is 6.03. The van der Waals surface area contributed by atoms with E-state index in [2.05, 4.69) is 31.2 Å². The van der Waals surface area contributed by atoms with Gasteiger partial charge >= 0.3 is 0 Å². The van der Waals surface area contributed by atoms with E-state index in [4.69, 9.17) is 0 Å². The predicted molar refractivity (Wildman–Crippen MR) is 77.1 cm³/mol. The van der Waals surface area contributed by atoms with Crippen LogP contribution >= 0.6 is 11.8 Å². The predicted octanol–water partition coefficient (Wildman–Crippen LogP) is -0.192. The molecular weight excluding hydrogens is 282 g/mol. The normalized spacial score (nSPS) is 25.6. The van der Waals surface area contributed by atoms with E-state index in [9.17, 15) is 13.5 Å². The minimum absolute atomic E-state index is 0.0841. The molecule has 0 spiro atoms. The molecule has 0 bridgehead atoms. The van der Waals surface area contributed by atoms with E-state index in [0.29, 0.717) is 0 Å². The molecule has 1 aliphatic rings. The molecule has 19 heavy (non-hydrogen) atoms. The van der Waals surface area contributed by atoms with E-state index in [1.54, 1.807) is 11.8 Å². The van der Waals surface area contributed by atoms with E-state index in [1.165, 1.54) is 10.5 Å². The number of nitrogens with two attached hydrogens (primary N) is 1. The van der Waals surface area contributed by atoms with Gasteiger partial charge in [-0.05, 0) is 19.1 Å². The summed E-state index contributed by atoms with van der Waals surface area (Å²) in [5.41, 5.74) is 1.25. The molecule has 1 heterocycles. The molecule has 0 aliphatic carbocycles. The van der Waals surface area contributed by atoms with Crippen LogP contribution in [0, 0.1) is 6.92 Å². The lowest BCUT2D eigenvalue weighted by molar-refractivity contribution is -0.686. The Morgan fingerprint density at radius 2 is 2.00 bits per heavy atom. The van der Waals surface area contributed by atoms with Gasteiger partial charge in [-0.2, -0.15) is 0 Å². The second-order valence-corrected chi connectivity index (χ2v) is 8.32. The van der Waals surface area contributed by atoms with Crippen LogP contribution in [0.2, 0.25) is 0 Å². The van der Waals surface area contributed by atoms with Gasteiger partial charge in [0, 0.05) is 10.6 Å². The molecule has 1 saturated heterocycles. The van der Waals surface area contributed by atoms with Gasteiger partial charge in [-0.1, -0.05) is 17.7 Å². The topological polar surface area (TPSA) is 71.0 Å². The first-order valence-corrected chi connectivity index (χ1v) is 9.18. The highest BCUT2D eigenvalue weighted by Gasteiger charge is 2.38. The van der Waals surface area contributed by atoms with Crippen LogP contribution in [0.4, 0.5) is 0 Å². The molecule has 0 amide bonds. The second-order valence-electron chi connectivity index (χ2n) is 4.99. The van der Waals surface area contributed by atoms with Gasteiger partial charge in [-0.3, -0.25) is 0 Å². The summed E-state index contributed by atoms with van der Waals surface area (Å²) < 4.78 is 22.7. The molecular formula is C13H20NO3S2+. The van der Waals surface area contributed by atoms with Gasteiger partial charge in [0.1, 0.15) is 17.9 Å². The average Bonchev–Trinajstić information content (AvgIpc) is 2.60. The van der Waals surface area contributed by atoms with Crippen LogP contribution in [0.25, 0.3) is 0 Å². The van der Waals surface area contributed by atoms with Crippen LogP contribution in [0.1, 0.15) is 5.56 Å². The molecule has 1 aromatic rings. The zero-order chi connectivity index (χ0) is 13.9. The fourth-order valence-corrected chi connectivity index (χ4v) is 4.84. The number of hydrogen-bond donors (Lipinski definition) is 2. The Hall–Kier alpha value is -0.560. The molecule has 3 N–H and O–H groups in total. The van der Waals surface area contributed by atoms with Crippen molar-refractivity contribution >= 4 is 21.6 Å². The fourth-order valence-electron chi connectivity index (χ4n) is 2.17. The van der Waals surface area contributed by atoms with Crippen molar-refractivity contribution < 1.29 is 18.8 Å². The first-order valence-electron chi connectivity index (χ1n) is 6.37. The largest absolute Gasteiger partial charge is 0.386 e. The third kappa shape index (κ3) is 4.49. The lowest BCUT2D eigenvalue weighted by Crippen LogP contribution is -2.93. The lowest BCUT2D eigenvalue weighted by atomic mass is 10.2. The smallest absolute Gasteiger partial charge is 0.159 e. The van der Waals surface area contributed by atoms with E-state index in [1.807, 2.05) is 5.32 Å². The van der Waals surface area contributed by atoms with Crippen LogP contribution in [-0.2, 0) is 9.84 Å². The number of aliphatic hydroxyl groups is 1. The molecule has 106 valence electrons. The van der Waals surface area contributed by atoms with Gasteiger partial charge in [0.05, 0.1) is 12.3 Å². The highest BCUT2D eigenvalue weighted by atomic mass is 32.2. The summed E-state index contributed by atoms with van der Waals surface area (Å²) in [4.78, 5) is 1.22. The average molecular weight is 302 g/mol. The van der Waals surface area contributed by atoms with Gasteiger partial charge in [0.15, 0.2) is 9.84 Å². The molecule has 2 rings (SSSR count). The number of sulfone groups is 1. The standard InChI is InChI=1S/C13H19NO3S2/c1-10-2-4-11(5-3-10)18-7-6-14-12-8-19(16,17)9-13(12)15/h2-5,12-15H,6-9H2,1H3/p+1/t12-,13+/m1/s1. The zero-order valence-electron chi connectivity index (χ0n) is 11.0. The number of rotatable bonds is 5. The summed E-state index contributed by atoms with van der Waals surface area (Å²) in [6.45, 7) is 2.87. The maximum atomic E-state index is 11.4. The number of aliphatic hydroxyl groups excluding tert-OH is 1. The summed E-state index contributed by atoms with van der Waals surface area (Å²) in [6.07, 6.45) is -0.714. The Kier molecular flexibility index (Phi) is 4.89. The van der Waals surface area contributed by atoms with Gasteiger partial charge in [-0.25, -0.2) is 8.42 Å². The van der Waals surface area contributed by atoms with Gasteiger partial charge in [-0.15, -0.1) is 11.8 Å². The van der Waals surface area contributed by atoms with Crippen LogP contribution in [-0.4, -0.2) is 49.5 Å².